The maximum Gasteiger partial charge on any atom is 0.410 e. The second-order valence-corrected chi connectivity index (χ2v) is 6.43. The van der Waals surface area contributed by atoms with Gasteiger partial charge in [0.05, 0.1) is 11.5 Å². The second kappa shape index (κ2) is 7.21. The van der Waals surface area contributed by atoms with Crippen molar-refractivity contribution in [3.63, 3.8) is 0 Å². The van der Waals surface area contributed by atoms with Gasteiger partial charge in [0.25, 0.3) is 5.69 Å². The van der Waals surface area contributed by atoms with Crippen LogP contribution in [0.1, 0.15) is 45.0 Å². The average Bonchev–Trinajstić information content (AvgIpc) is 2.42. The van der Waals surface area contributed by atoms with Gasteiger partial charge in [-0.15, -0.1) is 0 Å². The fourth-order valence-electron chi connectivity index (χ4n) is 1.79. The third-order valence-corrected chi connectivity index (χ3v) is 2.97. The quantitative estimate of drug-likeness (QED) is 0.470. The number of hydrogen-bond donors (Lipinski definition) is 0. The minimum absolute atomic E-state index is 0.0885. The van der Waals surface area contributed by atoms with Crippen LogP contribution in [-0.2, 0) is 4.74 Å². The molecule has 0 atom stereocenters. The number of Topliss-reactive ketones (excluding diaryl/α,β-unsaturated/α-hetero) is 1. The first-order valence-electron chi connectivity index (χ1n) is 7.28. The summed E-state index contributed by atoms with van der Waals surface area (Å²) in [5, 5.41) is 10.6. The van der Waals surface area contributed by atoms with Gasteiger partial charge in [-0.1, -0.05) is 0 Å². The SMILES string of the molecule is CC(C)N(CC(=O)c1ccc([N+](=O)[O-])cc1)C(=O)OC(C)(C)C. The smallest absolute Gasteiger partial charge is 0.410 e. The van der Waals surface area contributed by atoms with Crippen molar-refractivity contribution >= 4 is 17.6 Å². The standard InChI is InChI=1S/C16H22N2O5/c1-11(2)17(15(20)23-16(3,4)5)10-14(19)12-6-8-13(9-7-12)18(21)22/h6-9,11H,10H2,1-5H3. The Kier molecular flexibility index (Phi) is 5.84. The van der Waals surface area contributed by atoms with E-state index in [0.29, 0.717) is 5.56 Å². The van der Waals surface area contributed by atoms with E-state index in [-0.39, 0.29) is 24.1 Å². The molecule has 0 saturated carbocycles. The Hall–Kier alpha value is -2.44. The van der Waals surface area contributed by atoms with Crippen LogP contribution in [0.3, 0.4) is 0 Å². The molecule has 0 N–H and O–H groups in total. The van der Waals surface area contributed by atoms with Gasteiger partial charge < -0.3 is 4.74 Å². The largest absolute Gasteiger partial charge is 0.444 e. The molecule has 1 aromatic rings. The van der Waals surface area contributed by atoms with Crippen LogP contribution in [0.25, 0.3) is 0 Å². The molecule has 23 heavy (non-hydrogen) atoms. The van der Waals surface area contributed by atoms with E-state index in [1.807, 2.05) is 0 Å². The number of nitrogens with zero attached hydrogens (tertiary/aromatic N) is 2. The number of amides is 1. The summed E-state index contributed by atoms with van der Waals surface area (Å²) in [4.78, 5) is 35.9. The van der Waals surface area contributed by atoms with E-state index in [9.17, 15) is 19.7 Å². The highest BCUT2D eigenvalue weighted by Gasteiger charge is 2.26. The fourth-order valence-corrected chi connectivity index (χ4v) is 1.79. The predicted octanol–water partition coefficient (Wildman–Crippen LogP) is 3.42. The number of ether oxygens (including phenoxy) is 1. The third kappa shape index (κ3) is 5.69. The van der Waals surface area contributed by atoms with Crippen LogP contribution in [0.2, 0.25) is 0 Å². The van der Waals surface area contributed by atoms with E-state index in [2.05, 4.69) is 0 Å². The molecular formula is C16H22N2O5. The normalized spacial score (nSPS) is 11.2. The fraction of sp³-hybridized carbons (Fsp3) is 0.500. The first kappa shape index (κ1) is 18.6. The molecule has 126 valence electrons. The Bertz CT molecular complexity index is 587. The summed E-state index contributed by atoms with van der Waals surface area (Å²) in [5.41, 5.74) is -0.431. The molecule has 0 heterocycles. The van der Waals surface area contributed by atoms with Gasteiger partial charge >= 0.3 is 6.09 Å². The zero-order valence-corrected chi connectivity index (χ0v) is 14.0. The molecule has 0 spiro atoms. The molecule has 0 saturated heterocycles. The average molecular weight is 322 g/mol. The lowest BCUT2D eigenvalue weighted by molar-refractivity contribution is -0.384. The van der Waals surface area contributed by atoms with Gasteiger partial charge in [-0.05, 0) is 46.8 Å². The number of hydrogen-bond acceptors (Lipinski definition) is 5. The highest BCUT2D eigenvalue weighted by molar-refractivity contribution is 5.99. The molecule has 7 heteroatoms. The van der Waals surface area contributed by atoms with E-state index in [1.54, 1.807) is 34.6 Å². The number of benzene rings is 1. The molecule has 1 rings (SSSR count). The van der Waals surface area contributed by atoms with Gasteiger partial charge in [0.2, 0.25) is 0 Å². The number of nitro groups is 1. The molecule has 1 amide bonds. The van der Waals surface area contributed by atoms with Crippen LogP contribution in [0, 0.1) is 10.1 Å². The van der Waals surface area contributed by atoms with Crippen LogP contribution < -0.4 is 0 Å². The lowest BCUT2D eigenvalue weighted by Crippen LogP contribution is -2.43. The van der Waals surface area contributed by atoms with E-state index >= 15 is 0 Å². The summed E-state index contributed by atoms with van der Waals surface area (Å²) in [6, 6.07) is 5.08. The van der Waals surface area contributed by atoms with E-state index in [1.165, 1.54) is 29.2 Å². The second-order valence-electron chi connectivity index (χ2n) is 6.43. The first-order valence-corrected chi connectivity index (χ1v) is 7.28. The third-order valence-electron chi connectivity index (χ3n) is 2.97. The van der Waals surface area contributed by atoms with E-state index in [0.717, 1.165) is 0 Å². The Labute approximate surface area is 135 Å². The number of ketones is 1. The van der Waals surface area contributed by atoms with Crippen molar-refractivity contribution in [3.05, 3.63) is 39.9 Å². The van der Waals surface area contributed by atoms with Crippen molar-refractivity contribution < 1.29 is 19.2 Å². The Balaban J connectivity index is 2.85. The Morgan fingerprint density at radius 2 is 1.74 bits per heavy atom. The summed E-state index contributed by atoms with van der Waals surface area (Å²) in [6.45, 7) is 8.68. The van der Waals surface area contributed by atoms with Crippen LogP contribution in [0.4, 0.5) is 10.5 Å². The van der Waals surface area contributed by atoms with E-state index < -0.39 is 16.6 Å². The Morgan fingerprint density at radius 1 is 1.22 bits per heavy atom. The summed E-state index contributed by atoms with van der Waals surface area (Å²) in [5.74, 6) is -0.306. The van der Waals surface area contributed by atoms with Crippen molar-refractivity contribution in [1.29, 1.82) is 0 Å². The lowest BCUT2D eigenvalue weighted by Gasteiger charge is -2.29. The Morgan fingerprint density at radius 3 is 2.13 bits per heavy atom. The van der Waals surface area contributed by atoms with Gasteiger partial charge in [-0.2, -0.15) is 0 Å². The molecule has 1 aromatic carbocycles. The summed E-state index contributed by atoms with van der Waals surface area (Å²) < 4.78 is 5.29. The predicted molar refractivity (Wildman–Crippen MR) is 85.5 cm³/mol. The topological polar surface area (TPSA) is 89.8 Å². The molecule has 0 fully saturated rings. The minimum Gasteiger partial charge on any atom is -0.444 e. The summed E-state index contributed by atoms with van der Waals surface area (Å²) >= 11 is 0. The number of carbonyl (C=O) groups is 2. The van der Waals surface area contributed by atoms with Crippen molar-refractivity contribution in [1.82, 2.24) is 4.90 Å². The summed E-state index contributed by atoms with van der Waals surface area (Å²) in [7, 11) is 0. The van der Waals surface area contributed by atoms with Crippen molar-refractivity contribution in [2.75, 3.05) is 6.54 Å². The van der Waals surface area contributed by atoms with Crippen molar-refractivity contribution in [2.45, 2.75) is 46.3 Å². The molecule has 0 aliphatic carbocycles. The molecule has 0 radical (unpaired) electrons. The van der Waals surface area contributed by atoms with Crippen molar-refractivity contribution in [2.24, 2.45) is 0 Å². The van der Waals surface area contributed by atoms with E-state index in [4.69, 9.17) is 4.74 Å². The molecule has 0 unspecified atom stereocenters. The zero-order chi connectivity index (χ0) is 17.8. The molecule has 0 aliphatic rings. The monoisotopic (exact) mass is 322 g/mol. The van der Waals surface area contributed by atoms with Gasteiger partial charge in [0.1, 0.15) is 5.60 Å². The zero-order valence-electron chi connectivity index (χ0n) is 14.0. The summed E-state index contributed by atoms with van der Waals surface area (Å²) in [6.07, 6.45) is -0.567. The minimum atomic E-state index is -0.652. The first-order chi connectivity index (χ1) is 10.5. The number of carbonyl (C=O) groups excluding carboxylic acids is 2. The number of rotatable bonds is 5. The molecule has 0 aliphatic heterocycles. The maximum absolute atomic E-state index is 12.3. The van der Waals surface area contributed by atoms with Crippen molar-refractivity contribution in [3.8, 4) is 0 Å². The van der Waals surface area contributed by atoms with Crippen LogP contribution >= 0.6 is 0 Å². The van der Waals surface area contributed by atoms with Crippen LogP contribution in [0.5, 0.6) is 0 Å². The molecule has 0 aromatic heterocycles. The number of non-ortho nitro benzene ring substituents is 1. The maximum atomic E-state index is 12.3. The van der Waals surface area contributed by atoms with Gasteiger partial charge in [-0.25, -0.2) is 4.79 Å². The highest BCUT2D eigenvalue weighted by Crippen LogP contribution is 2.15. The van der Waals surface area contributed by atoms with Crippen LogP contribution in [-0.4, -0.2) is 39.9 Å². The number of nitro benzene ring substituents is 1. The molecule has 7 nitrogen and oxygen atoms in total. The van der Waals surface area contributed by atoms with Gasteiger partial charge in [-0.3, -0.25) is 19.8 Å². The molecule has 0 bridgehead atoms. The lowest BCUT2D eigenvalue weighted by atomic mass is 10.1. The van der Waals surface area contributed by atoms with Crippen LogP contribution in [0.15, 0.2) is 24.3 Å². The van der Waals surface area contributed by atoms with Gasteiger partial charge in [0.15, 0.2) is 5.78 Å². The highest BCUT2D eigenvalue weighted by atomic mass is 16.6. The van der Waals surface area contributed by atoms with Gasteiger partial charge in [0, 0.05) is 23.7 Å². The molecular weight excluding hydrogens is 300 g/mol.